The molecule has 0 spiro atoms. The number of primary amides is 1. The Bertz CT molecular complexity index is 287. The average Bonchev–Trinajstić information content (AvgIpc) is 2.17. The topological polar surface area (TPSA) is 75.4 Å². The number of carbonyl (C=O) groups excluding carboxylic acids is 1. The highest BCUT2D eigenvalue weighted by Gasteiger charge is 2.09. The fraction of sp³-hybridized carbons (Fsp3) is 0.300. The van der Waals surface area contributed by atoms with Gasteiger partial charge in [-0.3, -0.25) is 0 Å². The summed E-state index contributed by atoms with van der Waals surface area (Å²) in [6, 6.07) is 8.69. The van der Waals surface area contributed by atoms with Crippen molar-refractivity contribution >= 4 is 6.03 Å². The fourth-order valence-corrected chi connectivity index (χ4v) is 1.26. The molecule has 4 heteroatoms. The van der Waals surface area contributed by atoms with E-state index in [9.17, 15) is 4.79 Å². The molecule has 2 amide bonds. The molecular weight excluding hydrogens is 180 g/mol. The Hall–Kier alpha value is -1.55. The number of hydrogen-bond donors (Lipinski definition) is 3. The summed E-state index contributed by atoms with van der Waals surface area (Å²) in [5.74, 6) is 0. The van der Waals surface area contributed by atoms with E-state index < -0.39 is 6.03 Å². The smallest absolute Gasteiger partial charge is 0.312 e. The lowest BCUT2D eigenvalue weighted by atomic mass is 10.1. The molecule has 4 nitrogen and oxygen atoms in total. The van der Waals surface area contributed by atoms with Crippen molar-refractivity contribution in [3.8, 4) is 0 Å². The van der Waals surface area contributed by atoms with Gasteiger partial charge in [-0.05, 0) is 12.0 Å². The van der Waals surface area contributed by atoms with Gasteiger partial charge in [-0.1, -0.05) is 30.3 Å². The number of urea groups is 1. The van der Waals surface area contributed by atoms with Gasteiger partial charge in [0, 0.05) is 0 Å². The number of aliphatic hydroxyl groups is 1. The van der Waals surface area contributed by atoms with E-state index in [1.807, 2.05) is 30.3 Å². The van der Waals surface area contributed by atoms with Crippen molar-refractivity contribution in [1.29, 1.82) is 0 Å². The third kappa shape index (κ3) is 3.45. The quantitative estimate of drug-likeness (QED) is 0.643. The van der Waals surface area contributed by atoms with E-state index in [0.717, 1.165) is 5.56 Å². The van der Waals surface area contributed by atoms with E-state index in [1.54, 1.807) is 0 Å². The van der Waals surface area contributed by atoms with Crippen molar-refractivity contribution in [2.24, 2.45) is 5.73 Å². The van der Waals surface area contributed by atoms with Crippen LogP contribution in [0.4, 0.5) is 4.79 Å². The number of nitrogens with one attached hydrogen (secondary N) is 1. The van der Waals surface area contributed by atoms with Crippen LogP contribution >= 0.6 is 0 Å². The highest BCUT2D eigenvalue weighted by Crippen LogP contribution is 2.02. The second kappa shape index (κ2) is 5.24. The van der Waals surface area contributed by atoms with E-state index in [4.69, 9.17) is 10.8 Å². The standard InChI is InChI=1S/C10H14N2O2/c11-10(14)12-9(7-13)6-8-4-2-1-3-5-8/h1-5,9,13H,6-7H2,(H3,11,12,14)/t9-/m1/s1. The Morgan fingerprint density at radius 3 is 2.57 bits per heavy atom. The zero-order valence-corrected chi connectivity index (χ0v) is 7.81. The first-order valence-electron chi connectivity index (χ1n) is 4.43. The summed E-state index contributed by atoms with van der Waals surface area (Å²) in [6.07, 6.45) is 0.584. The molecule has 76 valence electrons. The molecule has 0 bridgehead atoms. The molecule has 1 rings (SSSR count). The zero-order chi connectivity index (χ0) is 10.4. The maximum atomic E-state index is 10.6. The molecule has 1 aromatic carbocycles. The van der Waals surface area contributed by atoms with Crippen LogP contribution in [0, 0.1) is 0 Å². The third-order valence-electron chi connectivity index (χ3n) is 1.89. The molecule has 1 atom stereocenters. The normalized spacial score (nSPS) is 12.1. The maximum absolute atomic E-state index is 10.6. The van der Waals surface area contributed by atoms with Gasteiger partial charge in [0.2, 0.25) is 0 Å². The van der Waals surface area contributed by atoms with E-state index in [-0.39, 0.29) is 12.6 Å². The van der Waals surface area contributed by atoms with Crippen molar-refractivity contribution in [2.45, 2.75) is 12.5 Å². The van der Waals surface area contributed by atoms with Crippen LogP contribution in [0.3, 0.4) is 0 Å². The monoisotopic (exact) mass is 194 g/mol. The average molecular weight is 194 g/mol. The van der Waals surface area contributed by atoms with Crippen molar-refractivity contribution in [3.63, 3.8) is 0 Å². The summed E-state index contributed by atoms with van der Waals surface area (Å²) in [5.41, 5.74) is 6.02. The molecule has 0 aromatic heterocycles. The molecule has 4 N–H and O–H groups in total. The van der Waals surface area contributed by atoms with Crippen LogP contribution < -0.4 is 11.1 Å². The van der Waals surface area contributed by atoms with Gasteiger partial charge in [0.25, 0.3) is 0 Å². The van der Waals surface area contributed by atoms with Gasteiger partial charge in [0.05, 0.1) is 12.6 Å². The van der Waals surface area contributed by atoms with Gasteiger partial charge in [0.1, 0.15) is 0 Å². The number of amides is 2. The summed E-state index contributed by atoms with van der Waals surface area (Å²) in [4.78, 5) is 10.6. The molecule has 14 heavy (non-hydrogen) atoms. The molecule has 0 aliphatic carbocycles. The Labute approximate surface area is 82.7 Å². The Morgan fingerprint density at radius 1 is 1.43 bits per heavy atom. The lowest BCUT2D eigenvalue weighted by Crippen LogP contribution is -2.42. The molecule has 0 aliphatic heterocycles. The van der Waals surface area contributed by atoms with Crippen molar-refractivity contribution < 1.29 is 9.90 Å². The second-order valence-corrected chi connectivity index (χ2v) is 3.08. The number of hydrogen-bond acceptors (Lipinski definition) is 2. The highest BCUT2D eigenvalue weighted by molar-refractivity contribution is 5.72. The molecular formula is C10H14N2O2. The van der Waals surface area contributed by atoms with Gasteiger partial charge in [0.15, 0.2) is 0 Å². The summed E-state index contributed by atoms with van der Waals surface area (Å²) < 4.78 is 0. The van der Waals surface area contributed by atoms with E-state index in [2.05, 4.69) is 5.32 Å². The first-order valence-corrected chi connectivity index (χ1v) is 4.43. The van der Waals surface area contributed by atoms with Crippen LogP contribution in [0.1, 0.15) is 5.56 Å². The molecule has 0 heterocycles. The number of rotatable bonds is 4. The minimum Gasteiger partial charge on any atom is -0.394 e. The SMILES string of the molecule is NC(=O)N[C@@H](CO)Cc1ccccc1. The largest absolute Gasteiger partial charge is 0.394 e. The summed E-state index contributed by atoms with van der Waals surface area (Å²) in [7, 11) is 0. The summed E-state index contributed by atoms with van der Waals surface area (Å²) >= 11 is 0. The molecule has 0 radical (unpaired) electrons. The van der Waals surface area contributed by atoms with Gasteiger partial charge in [-0.2, -0.15) is 0 Å². The van der Waals surface area contributed by atoms with Gasteiger partial charge in [-0.15, -0.1) is 0 Å². The second-order valence-electron chi connectivity index (χ2n) is 3.08. The molecule has 0 fully saturated rings. The van der Waals surface area contributed by atoms with E-state index in [1.165, 1.54) is 0 Å². The van der Waals surface area contributed by atoms with E-state index >= 15 is 0 Å². The Morgan fingerprint density at radius 2 is 2.07 bits per heavy atom. The first kappa shape index (κ1) is 10.5. The highest BCUT2D eigenvalue weighted by atomic mass is 16.3. The van der Waals surface area contributed by atoms with Crippen molar-refractivity contribution in [3.05, 3.63) is 35.9 Å². The molecule has 0 saturated heterocycles. The van der Waals surface area contributed by atoms with Crippen LogP contribution in [0.5, 0.6) is 0 Å². The van der Waals surface area contributed by atoms with Crippen LogP contribution in [0.25, 0.3) is 0 Å². The van der Waals surface area contributed by atoms with Crippen LogP contribution in [-0.2, 0) is 6.42 Å². The Balaban J connectivity index is 2.53. The van der Waals surface area contributed by atoms with Crippen LogP contribution in [0.2, 0.25) is 0 Å². The predicted octanol–water partition coefficient (Wildman–Crippen LogP) is 0.258. The third-order valence-corrected chi connectivity index (χ3v) is 1.89. The summed E-state index contributed by atoms with van der Waals surface area (Å²) in [5, 5.41) is 11.4. The lowest BCUT2D eigenvalue weighted by Gasteiger charge is -2.14. The number of benzene rings is 1. The lowest BCUT2D eigenvalue weighted by molar-refractivity contribution is 0.222. The van der Waals surface area contributed by atoms with Crippen molar-refractivity contribution in [1.82, 2.24) is 5.32 Å². The van der Waals surface area contributed by atoms with Crippen molar-refractivity contribution in [2.75, 3.05) is 6.61 Å². The number of nitrogens with two attached hydrogens (primary N) is 1. The molecule has 0 saturated carbocycles. The Kier molecular flexibility index (Phi) is 3.94. The van der Waals surface area contributed by atoms with Gasteiger partial charge >= 0.3 is 6.03 Å². The van der Waals surface area contributed by atoms with E-state index in [0.29, 0.717) is 6.42 Å². The molecule has 1 aromatic rings. The minimum absolute atomic E-state index is 0.113. The molecule has 0 aliphatic rings. The van der Waals surface area contributed by atoms with Crippen LogP contribution in [-0.4, -0.2) is 23.8 Å². The fourth-order valence-electron chi connectivity index (χ4n) is 1.26. The minimum atomic E-state index is -0.611. The maximum Gasteiger partial charge on any atom is 0.312 e. The number of carbonyl (C=O) groups is 1. The predicted molar refractivity (Wildman–Crippen MR) is 53.7 cm³/mol. The van der Waals surface area contributed by atoms with Gasteiger partial charge in [-0.25, -0.2) is 4.79 Å². The summed E-state index contributed by atoms with van der Waals surface area (Å²) in [6.45, 7) is -0.113. The van der Waals surface area contributed by atoms with Crippen LogP contribution in [0.15, 0.2) is 30.3 Å². The molecule has 0 unspecified atom stereocenters. The first-order chi connectivity index (χ1) is 6.72. The zero-order valence-electron chi connectivity index (χ0n) is 7.81. The van der Waals surface area contributed by atoms with Gasteiger partial charge < -0.3 is 16.2 Å². The number of aliphatic hydroxyl groups excluding tert-OH is 1.